The van der Waals surface area contributed by atoms with E-state index >= 15 is 0 Å². The van der Waals surface area contributed by atoms with Gasteiger partial charge in [0.25, 0.3) is 5.91 Å². The minimum atomic E-state index is -3.57. The summed E-state index contributed by atoms with van der Waals surface area (Å²) >= 11 is 0. The van der Waals surface area contributed by atoms with Crippen molar-refractivity contribution in [2.75, 3.05) is 17.7 Å². The van der Waals surface area contributed by atoms with Gasteiger partial charge in [0, 0.05) is 18.5 Å². The van der Waals surface area contributed by atoms with Crippen molar-refractivity contribution in [3.05, 3.63) is 18.2 Å². The Labute approximate surface area is 128 Å². The van der Waals surface area contributed by atoms with Crippen LogP contribution in [0, 0.1) is 0 Å². The third kappa shape index (κ3) is 3.38. The molecule has 2 aliphatic rings. The molecule has 22 heavy (non-hydrogen) atoms. The van der Waals surface area contributed by atoms with Crippen molar-refractivity contribution >= 4 is 27.3 Å². The number of hydrogen-bond acceptors (Lipinski definition) is 5. The minimum absolute atomic E-state index is 0.0620. The summed E-state index contributed by atoms with van der Waals surface area (Å²) < 4.78 is 29.7. The average Bonchev–Trinajstić information content (AvgIpc) is 3.28. The number of anilines is 1. The molecule has 1 aromatic carbocycles. The van der Waals surface area contributed by atoms with Crippen molar-refractivity contribution in [3.8, 4) is 5.75 Å². The van der Waals surface area contributed by atoms with E-state index in [1.807, 2.05) is 0 Å². The molecule has 8 heteroatoms. The molecule has 0 aromatic heterocycles. The number of ether oxygens (including phenoxy) is 1. The maximum absolute atomic E-state index is 12.3. The van der Waals surface area contributed by atoms with Crippen molar-refractivity contribution in [3.63, 3.8) is 0 Å². The van der Waals surface area contributed by atoms with Crippen LogP contribution in [0.2, 0.25) is 0 Å². The molecule has 0 radical (unpaired) electrons. The predicted octanol–water partition coefficient (Wildman–Crippen LogP) is 0.460. The summed E-state index contributed by atoms with van der Waals surface area (Å²) in [5.41, 5.74) is 0.446. The summed E-state index contributed by atoms with van der Waals surface area (Å²) in [6, 6.07) is 4.49. The van der Waals surface area contributed by atoms with E-state index in [0.717, 1.165) is 12.8 Å². The lowest BCUT2D eigenvalue weighted by atomic mass is 10.2. The Bertz CT molecular complexity index is 725. The molecule has 1 aromatic rings. The van der Waals surface area contributed by atoms with Gasteiger partial charge in [0.05, 0.1) is 16.3 Å². The summed E-state index contributed by atoms with van der Waals surface area (Å²) in [4.78, 5) is 22.9. The van der Waals surface area contributed by atoms with Gasteiger partial charge in [0.2, 0.25) is 5.91 Å². The lowest BCUT2D eigenvalue weighted by Crippen LogP contribution is -2.27. The van der Waals surface area contributed by atoms with Crippen LogP contribution in [-0.2, 0) is 19.4 Å². The molecule has 1 saturated carbocycles. The number of nitrogens with one attached hydrogen (secondary N) is 2. The molecule has 0 spiro atoms. The Balaban J connectivity index is 1.68. The van der Waals surface area contributed by atoms with Crippen LogP contribution in [0.3, 0.4) is 0 Å². The van der Waals surface area contributed by atoms with Gasteiger partial charge in [-0.2, -0.15) is 0 Å². The van der Waals surface area contributed by atoms with Gasteiger partial charge in [-0.1, -0.05) is 0 Å². The number of fused-ring (bicyclic) bond motifs is 1. The predicted molar refractivity (Wildman–Crippen MR) is 78.4 cm³/mol. The van der Waals surface area contributed by atoms with Gasteiger partial charge < -0.3 is 15.4 Å². The Morgan fingerprint density at radius 3 is 2.86 bits per heavy atom. The van der Waals surface area contributed by atoms with Crippen molar-refractivity contribution in [2.24, 2.45) is 0 Å². The maximum atomic E-state index is 12.3. The zero-order valence-electron chi connectivity index (χ0n) is 11.8. The number of carbonyl (C=O) groups excluding carboxylic acids is 2. The molecular weight excluding hydrogens is 308 g/mol. The highest BCUT2D eigenvalue weighted by Gasteiger charge is 2.25. The van der Waals surface area contributed by atoms with Crippen LogP contribution in [0.15, 0.2) is 23.1 Å². The smallest absolute Gasteiger partial charge is 0.262 e. The largest absolute Gasteiger partial charge is 0.482 e. The van der Waals surface area contributed by atoms with Crippen molar-refractivity contribution in [1.82, 2.24) is 5.32 Å². The monoisotopic (exact) mass is 324 g/mol. The van der Waals surface area contributed by atoms with Crippen molar-refractivity contribution in [1.29, 1.82) is 0 Å². The highest BCUT2D eigenvalue weighted by molar-refractivity contribution is 7.91. The number of amides is 2. The van der Waals surface area contributed by atoms with Crippen LogP contribution in [0.4, 0.5) is 5.69 Å². The number of carbonyl (C=O) groups is 2. The van der Waals surface area contributed by atoms with Crippen LogP contribution in [0.25, 0.3) is 0 Å². The van der Waals surface area contributed by atoms with Crippen LogP contribution < -0.4 is 15.4 Å². The van der Waals surface area contributed by atoms with Gasteiger partial charge in [-0.3, -0.25) is 9.59 Å². The second-order valence-electron chi connectivity index (χ2n) is 5.41. The zero-order chi connectivity index (χ0) is 15.7. The minimum Gasteiger partial charge on any atom is -0.482 e. The standard InChI is InChI=1S/C14H16N2O5S/c17-13(15-9-1-2-9)5-6-22(19,20)10-3-4-11-12(7-10)21-8-14(18)16-11/h3-4,7,9H,1-2,5-6,8H2,(H,15,17)(H,16,18). The molecule has 1 fully saturated rings. The summed E-state index contributed by atoms with van der Waals surface area (Å²) in [5.74, 6) is -0.452. The average molecular weight is 324 g/mol. The first-order chi connectivity index (χ1) is 10.4. The molecule has 0 unspecified atom stereocenters. The van der Waals surface area contributed by atoms with Crippen LogP contribution in [-0.4, -0.2) is 38.6 Å². The molecule has 0 atom stereocenters. The first-order valence-corrected chi connectivity index (χ1v) is 8.68. The van der Waals surface area contributed by atoms with Crippen LogP contribution >= 0.6 is 0 Å². The van der Waals surface area contributed by atoms with Gasteiger partial charge in [0.1, 0.15) is 5.75 Å². The fourth-order valence-electron chi connectivity index (χ4n) is 2.12. The Morgan fingerprint density at radius 1 is 1.36 bits per heavy atom. The van der Waals surface area contributed by atoms with E-state index in [0.29, 0.717) is 11.4 Å². The fourth-order valence-corrected chi connectivity index (χ4v) is 3.37. The van der Waals surface area contributed by atoms with Crippen molar-refractivity contribution < 1.29 is 22.7 Å². The molecule has 1 aliphatic heterocycles. The van der Waals surface area contributed by atoms with E-state index in [4.69, 9.17) is 4.74 Å². The van der Waals surface area contributed by atoms with Gasteiger partial charge in [-0.05, 0) is 25.0 Å². The SMILES string of the molecule is O=C1COc2cc(S(=O)(=O)CCC(=O)NC3CC3)ccc2N1. The number of hydrogen-bond donors (Lipinski definition) is 2. The van der Waals surface area contributed by atoms with Crippen molar-refractivity contribution in [2.45, 2.75) is 30.2 Å². The molecule has 2 N–H and O–H groups in total. The van der Waals surface area contributed by atoms with Gasteiger partial charge >= 0.3 is 0 Å². The molecule has 1 heterocycles. The van der Waals surface area contributed by atoms with Gasteiger partial charge in [0.15, 0.2) is 16.4 Å². The Hall–Kier alpha value is -2.09. The first kappa shape index (κ1) is 14.8. The summed E-state index contributed by atoms with van der Waals surface area (Å²) in [6.07, 6.45) is 1.87. The number of rotatable bonds is 5. The lowest BCUT2D eigenvalue weighted by Gasteiger charge is -2.18. The lowest BCUT2D eigenvalue weighted by molar-refractivity contribution is -0.121. The Morgan fingerprint density at radius 2 is 2.14 bits per heavy atom. The zero-order valence-corrected chi connectivity index (χ0v) is 12.6. The van der Waals surface area contributed by atoms with E-state index in [1.165, 1.54) is 18.2 Å². The molecule has 3 rings (SSSR count). The van der Waals surface area contributed by atoms with Crippen LogP contribution in [0.1, 0.15) is 19.3 Å². The highest BCUT2D eigenvalue weighted by Crippen LogP contribution is 2.30. The highest BCUT2D eigenvalue weighted by atomic mass is 32.2. The third-order valence-corrected chi connectivity index (χ3v) is 5.20. The molecular formula is C14H16N2O5S. The second kappa shape index (κ2) is 5.60. The van der Waals surface area contributed by atoms with E-state index in [9.17, 15) is 18.0 Å². The van der Waals surface area contributed by atoms with Gasteiger partial charge in [-0.15, -0.1) is 0 Å². The molecule has 0 saturated heterocycles. The molecule has 1 aliphatic carbocycles. The summed E-state index contributed by atoms with van der Waals surface area (Å²) in [5, 5.41) is 5.35. The summed E-state index contributed by atoms with van der Waals surface area (Å²) in [7, 11) is -3.57. The maximum Gasteiger partial charge on any atom is 0.262 e. The van der Waals surface area contributed by atoms with E-state index in [2.05, 4.69) is 10.6 Å². The van der Waals surface area contributed by atoms with E-state index in [-0.39, 0.29) is 41.5 Å². The molecule has 0 bridgehead atoms. The third-order valence-electron chi connectivity index (χ3n) is 3.49. The van der Waals surface area contributed by atoms with E-state index < -0.39 is 9.84 Å². The Kier molecular flexibility index (Phi) is 3.78. The first-order valence-electron chi connectivity index (χ1n) is 7.03. The number of benzene rings is 1. The fraction of sp³-hybridized carbons (Fsp3) is 0.429. The summed E-state index contributed by atoms with van der Waals surface area (Å²) in [6.45, 7) is -0.139. The normalized spacial score (nSPS) is 17.2. The molecule has 2 amide bonds. The molecule has 118 valence electrons. The quantitative estimate of drug-likeness (QED) is 0.819. The van der Waals surface area contributed by atoms with Gasteiger partial charge in [-0.25, -0.2) is 8.42 Å². The topological polar surface area (TPSA) is 102 Å². The molecule has 7 nitrogen and oxygen atoms in total. The van der Waals surface area contributed by atoms with E-state index in [1.54, 1.807) is 0 Å². The second-order valence-corrected chi connectivity index (χ2v) is 7.51. The number of sulfone groups is 1. The van der Waals surface area contributed by atoms with Crippen LogP contribution in [0.5, 0.6) is 5.75 Å².